The maximum absolute atomic E-state index is 10.1. The predicted molar refractivity (Wildman–Crippen MR) is 70.0 cm³/mol. The fourth-order valence-corrected chi connectivity index (χ4v) is 2.05. The Morgan fingerprint density at radius 1 is 1.28 bits per heavy atom. The van der Waals surface area contributed by atoms with Gasteiger partial charge in [-0.2, -0.15) is 5.10 Å². The van der Waals surface area contributed by atoms with E-state index in [2.05, 4.69) is 22.2 Å². The zero-order valence-electron chi connectivity index (χ0n) is 10.7. The number of aliphatic hydroxyl groups excluding tert-OH is 1. The van der Waals surface area contributed by atoms with Crippen LogP contribution in [0, 0.1) is 0 Å². The molecule has 0 aliphatic carbocycles. The normalized spacial score (nSPS) is 12.6. The first-order valence-corrected chi connectivity index (χ1v) is 6.41. The Morgan fingerprint density at radius 2 is 2.06 bits per heavy atom. The highest BCUT2D eigenvalue weighted by molar-refractivity contribution is 5.14. The molecule has 0 aliphatic heterocycles. The van der Waals surface area contributed by atoms with Crippen molar-refractivity contribution in [2.45, 2.75) is 38.8 Å². The van der Waals surface area contributed by atoms with Crippen LogP contribution >= 0.6 is 0 Å². The van der Waals surface area contributed by atoms with Gasteiger partial charge in [0.15, 0.2) is 5.82 Å². The molecule has 0 spiro atoms. The Bertz CT molecular complexity index is 467. The molecule has 0 saturated heterocycles. The summed E-state index contributed by atoms with van der Waals surface area (Å²) >= 11 is 0. The van der Waals surface area contributed by atoms with E-state index in [-0.39, 0.29) is 0 Å². The minimum atomic E-state index is -0.517. The van der Waals surface area contributed by atoms with Gasteiger partial charge in [0, 0.05) is 6.54 Å². The molecule has 0 bridgehead atoms. The van der Waals surface area contributed by atoms with Crippen molar-refractivity contribution in [3.05, 3.63) is 48.0 Å². The van der Waals surface area contributed by atoms with Crippen molar-refractivity contribution in [2.24, 2.45) is 0 Å². The van der Waals surface area contributed by atoms with Crippen LogP contribution in [0.25, 0.3) is 0 Å². The molecular formula is C14H19N3O. The number of aryl methyl sites for hydroxylation is 2. The fraction of sp³-hybridized carbons (Fsp3) is 0.429. The lowest BCUT2D eigenvalue weighted by Gasteiger charge is -2.10. The lowest BCUT2D eigenvalue weighted by atomic mass is 10.1. The van der Waals surface area contributed by atoms with Crippen molar-refractivity contribution < 1.29 is 5.11 Å². The van der Waals surface area contributed by atoms with E-state index in [0.717, 1.165) is 19.4 Å². The number of aromatic nitrogens is 3. The summed E-state index contributed by atoms with van der Waals surface area (Å²) in [7, 11) is 0. The van der Waals surface area contributed by atoms with Crippen LogP contribution in [0.3, 0.4) is 0 Å². The highest BCUT2D eigenvalue weighted by Gasteiger charge is 2.13. The second-order valence-corrected chi connectivity index (χ2v) is 4.33. The Kier molecular flexibility index (Phi) is 4.47. The molecule has 1 atom stereocenters. The summed E-state index contributed by atoms with van der Waals surface area (Å²) in [5.74, 6) is 0.672. The Balaban J connectivity index is 1.84. The van der Waals surface area contributed by atoms with E-state index >= 15 is 0 Å². The molecule has 1 unspecified atom stereocenters. The van der Waals surface area contributed by atoms with Gasteiger partial charge in [-0.1, -0.05) is 30.3 Å². The van der Waals surface area contributed by atoms with E-state index in [1.165, 1.54) is 11.9 Å². The first kappa shape index (κ1) is 12.8. The van der Waals surface area contributed by atoms with E-state index in [9.17, 15) is 5.11 Å². The molecule has 4 nitrogen and oxygen atoms in total. The molecule has 18 heavy (non-hydrogen) atoms. The van der Waals surface area contributed by atoms with Crippen LogP contribution in [0.2, 0.25) is 0 Å². The molecule has 2 rings (SSSR count). The summed E-state index contributed by atoms with van der Waals surface area (Å²) in [5, 5.41) is 14.1. The van der Waals surface area contributed by atoms with Gasteiger partial charge in [-0.05, 0) is 31.7 Å². The van der Waals surface area contributed by atoms with Crippen LogP contribution in [-0.2, 0) is 13.0 Å². The standard InChI is InChI=1S/C14H19N3O/c1-2-17-14(15-11-16-17)13(18)10-6-9-12-7-4-3-5-8-12/h3-5,7-8,11,13,18H,2,6,9-10H2,1H3. The van der Waals surface area contributed by atoms with Crippen LogP contribution < -0.4 is 0 Å². The summed E-state index contributed by atoms with van der Waals surface area (Å²) < 4.78 is 1.74. The molecule has 0 aliphatic rings. The second-order valence-electron chi connectivity index (χ2n) is 4.33. The quantitative estimate of drug-likeness (QED) is 0.850. The maximum atomic E-state index is 10.1. The van der Waals surface area contributed by atoms with Gasteiger partial charge in [-0.25, -0.2) is 9.67 Å². The van der Waals surface area contributed by atoms with Gasteiger partial charge in [0.25, 0.3) is 0 Å². The zero-order chi connectivity index (χ0) is 12.8. The summed E-state index contributed by atoms with van der Waals surface area (Å²) in [4.78, 5) is 4.11. The van der Waals surface area contributed by atoms with Crippen LogP contribution in [0.4, 0.5) is 0 Å². The molecule has 1 aromatic heterocycles. The van der Waals surface area contributed by atoms with Crippen LogP contribution in [0.5, 0.6) is 0 Å². The number of hydrogen-bond donors (Lipinski definition) is 1. The largest absolute Gasteiger partial charge is 0.385 e. The Morgan fingerprint density at radius 3 is 2.78 bits per heavy atom. The third-order valence-electron chi connectivity index (χ3n) is 3.03. The average Bonchev–Trinajstić information content (AvgIpc) is 2.88. The first-order chi connectivity index (χ1) is 8.81. The Hall–Kier alpha value is -1.68. The molecule has 1 N–H and O–H groups in total. The van der Waals surface area contributed by atoms with E-state index in [4.69, 9.17) is 0 Å². The molecule has 0 fully saturated rings. The summed E-state index contributed by atoms with van der Waals surface area (Å²) in [5.41, 5.74) is 1.31. The van der Waals surface area contributed by atoms with E-state index in [1.807, 2.05) is 25.1 Å². The maximum Gasteiger partial charge on any atom is 0.155 e. The molecule has 0 amide bonds. The van der Waals surface area contributed by atoms with Crippen molar-refractivity contribution in [1.82, 2.24) is 14.8 Å². The number of nitrogens with zero attached hydrogens (tertiary/aromatic N) is 3. The molecule has 1 aromatic carbocycles. The number of benzene rings is 1. The number of aliphatic hydroxyl groups is 1. The van der Waals surface area contributed by atoms with Crippen LogP contribution in [0.1, 0.15) is 37.3 Å². The van der Waals surface area contributed by atoms with Crippen LogP contribution in [0.15, 0.2) is 36.7 Å². The van der Waals surface area contributed by atoms with Crippen molar-refractivity contribution in [3.8, 4) is 0 Å². The molecule has 2 aromatic rings. The molecule has 0 radical (unpaired) electrons. The first-order valence-electron chi connectivity index (χ1n) is 6.41. The van der Waals surface area contributed by atoms with Gasteiger partial charge < -0.3 is 5.11 Å². The summed E-state index contributed by atoms with van der Waals surface area (Å²) in [6.45, 7) is 2.74. The van der Waals surface area contributed by atoms with Gasteiger partial charge in [0.2, 0.25) is 0 Å². The van der Waals surface area contributed by atoms with Crippen molar-refractivity contribution in [1.29, 1.82) is 0 Å². The fourth-order valence-electron chi connectivity index (χ4n) is 2.05. The highest BCUT2D eigenvalue weighted by atomic mass is 16.3. The third kappa shape index (κ3) is 3.17. The van der Waals surface area contributed by atoms with Gasteiger partial charge in [-0.15, -0.1) is 0 Å². The van der Waals surface area contributed by atoms with E-state index in [1.54, 1.807) is 4.68 Å². The van der Waals surface area contributed by atoms with Gasteiger partial charge in [0.05, 0.1) is 0 Å². The average molecular weight is 245 g/mol. The van der Waals surface area contributed by atoms with Crippen LogP contribution in [-0.4, -0.2) is 19.9 Å². The monoisotopic (exact) mass is 245 g/mol. The van der Waals surface area contributed by atoms with Gasteiger partial charge in [-0.3, -0.25) is 0 Å². The third-order valence-corrected chi connectivity index (χ3v) is 3.03. The minimum Gasteiger partial charge on any atom is -0.385 e. The molecule has 0 saturated carbocycles. The second kappa shape index (κ2) is 6.31. The van der Waals surface area contributed by atoms with Gasteiger partial charge in [0.1, 0.15) is 12.4 Å². The van der Waals surface area contributed by atoms with Crippen molar-refractivity contribution in [3.63, 3.8) is 0 Å². The predicted octanol–water partition coefficient (Wildman–Crippen LogP) is 2.35. The lowest BCUT2D eigenvalue weighted by Crippen LogP contribution is -2.09. The SMILES string of the molecule is CCn1ncnc1C(O)CCCc1ccccc1. The van der Waals surface area contributed by atoms with Gasteiger partial charge >= 0.3 is 0 Å². The number of hydrogen-bond acceptors (Lipinski definition) is 3. The van der Waals surface area contributed by atoms with Crippen molar-refractivity contribution in [2.75, 3.05) is 0 Å². The molecule has 1 heterocycles. The Labute approximate surface area is 107 Å². The highest BCUT2D eigenvalue weighted by Crippen LogP contribution is 2.17. The molecular weight excluding hydrogens is 226 g/mol. The summed E-state index contributed by atoms with van der Waals surface area (Å²) in [6.07, 6.45) is 3.63. The number of rotatable bonds is 6. The minimum absolute atomic E-state index is 0.517. The van der Waals surface area contributed by atoms with E-state index < -0.39 is 6.10 Å². The zero-order valence-corrected chi connectivity index (χ0v) is 10.7. The molecule has 4 heteroatoms. The summed E-state index contributed by atoms with van der Waals surface area (Å²) in [6, 6.07) is 10.3. The van der Waals surface area contributed by atoms with E-state index in [0.29, 0.717) is 12.2 Å². The lowest BCUT2D eigenvalue weighted by molar-refractivity contribution is 0.149. The smallest absolute Gasteiger partial charge is 0.155 e. The molecule has 96 valence electrons. The topological polar surface area (TPSA) is 50.9 Å². The van der Waals surface area contributed by atoms with Crippen molar-refractivity contribution >= 4 is 0 Å².